The van der Waals surface area contributed by atoms with Gasteiger partial charge in [-0.3, -0.25) is 0 Å². The minimum Gasteiger partial charge on any atom is -0.380 e. The molecule has 2 heterocycles. The van der Waals surface area contributed by atoms with Crippen LogP contribution in [0.2, 0.25) is 0 Å². The zero-order valence-corrected chi connectivity index (χ0v) is 8.69. The summed E-state index contributed by atoms with van der Waals surface area (Å²) in [6, 6.07) is 2.16. The maximum atomic E-state index is 5.86. The van der Waals surface area contributed by atoms with E-state index in [0.29, 0.717) is 6.54 Å². The van der Waals surface area contributed by atoms with Crippen molar-refractivity contribution in [3.63, 3.8) is 0 Å². The van der Waals surface area contributed by atoms with E-state index in [-0.39, 0.29) is 5.41 Å². The van der Waals surface area contributed by atoms with Gasteiger partial charge in [-0.2, -0.15) is 0 Å². The normalized spacial score (nSPS) is 28.2. The predicted molar refractivity (Wildman–Crippen MR) is 55.2 cm³/mol. The highest BCUT2D eigenvalue weighted by Crippen LogP contribution is 2.37. The SMILES string of the molecule is Cc1ccsc1C1(CN)CCOC1. The molecule has 0 aliphatic carbocycles. The van der Waals surface area contributed by atoms with Gasteiger partial charge < -0.3 is 10.5 Å². The summed E-state index contributed by atoms with van der Waals surface area (Å²) in [6.07, 6.45) is 1.07. The lowest BCUT2D eigenvalue weighted by atomic mass is 9.84. The Hall–Kier alpha value is -0.380. The molecule has 1 aromatic rings. The Kier molecular flexibility index (Phi) is 2.41. The van der Waals surface area contributed by atoms with Crippen LogP contribution in [0.4, 0.5) is 0 Å². The van der Waals surface area contributed by atoms with Gasteiger partial charge in [0.25, 0.3) is 0 Å². The van der Waals surface area contributed by atoms with Gasteiger partial charge in [0.15, 0.2) is 0 Å². The number of ether oxygens (including phenoxy) is 1. The molecule has 1 atom stereocenters. The summed E-state index contributed by atoms with van der Waals surface area (Å²) < 4.78 is 5.46. The highest BCUT2D eigenvalue weighted by molar-refractivity contribution is 7.10. The van der Waals surface area contributed by atoms with E-state index in [0.717, 1.165) is 19.6 Å². The van der Waals surface area contributed by atoms with Crippen LogP contribution in [0.3, 0.4) is 0 Å². The number of thiophene rings is 1. The van der Waals surface area contributed by atoms with Crippen LogP contribution in [-0.2, 0) is 10.2 Å². The van der Waals surface area contributed by atoms with Crippen LogP contribution in [0, 0.1) is 6.92 Å². The summed E-state index contributed by atoms with van der Waals surface area (Å²) >= 11 is 1.81. The van der Waals surface area contributed by atoms with E-state index in [1.807, 2.05) is 11.3 Å². The van der Waals surface area contributed by atoms with E-state index in [9.17, 15) is 0 Å². The second-order valence-corrected chi connectivity index (χ2v) is 4.64. The fourth-order valence-electron chi connectivity index (χ4n) is 1.96. The number of aryl methyl sites for hydroxylation is 1. The number of nitrogens with two attached hydrogens (primary N) is 1. The molecule has 1 aliphatic rings. The van der Waals surface area contributed by atoms with Gasteiger partial charge in [-0.1, -0.05) is 0 Å². The van der Waals surface area contributed by atoms with E-state index in [1.54, 1.807) is 0 Å². The van der Waals surface area contributed by atoms with E-state index >= 15 is 0 Å². The number of hydrogen-bond donors (Lipinski definition) is 1. The van der Waals surface area contributed by atoms with Crippen LogP contribution in [0.15, 0.2) is 11.4 Å². The highest BCUT2D eigenvalue weighted by Gasteiger charge is 2.37. The fraction of sp³-hybridized carbons (Fsp3) is 0.600. The Morgan fingerprint density at radius 2 is 2.54 bits per heavy atom. The molecule has 13 heavy (non-hydrogen) atoms. The van der Waals surface area contributed by atoms with Crippen molar-refractivity contribution in [1.82, 2.24) is 0 Å². The average molecular weight is 197 g/mol. The fourth-order valence-corrected chi connectivity index (χ4v) is 3.11. The van der Waals surface area contributed by atoms with Crippen molar-refractivity contribution in [3.8, 4) is 0 Å². The van der Waals surface area contributed by atoms with Crippen LogP contribution in [0.5, 0.6) is 0 Å². The minimum atomic E-state index is 0.123. The van der Waals surface area contributed by atoms with Crippen LogP contribution in [0.1, 0.15) is 16.9 Å². The smallest absolute Gasteiger partial charge is 0.0584 e. The Morgan fingerprint density at radius 1 is 1.69 bits per heavy atom. The third-order valence-electron chi connectivity index (χ3n) is 2.84. The molecule has 0 spiro atoms. The maximum Gasteiger partial charge on any atom is 0.0584 e. The standard InChI is InChI=1S/C10H15NOS/c1-8-2-5-13-9(8)10(6-11)3-4-12-7-10/h2,5H,3-4,6-7,11H2,1H3. The van der Waals surface area contributed by atoms with Crippen molar-refractivity contribution >= 4 is 11.3 Å². The van der Waals surface area contributed by atoms with Gasteiger partial charge in [0.1, 0.15) is 0 Å². The molecule has 1 saturated heterocycles. The third kappa shape index (κ3) is 1.41. The molecule has 3 heteroatoms. The zero-order valence-electron chi connectivity index (χ0n) is 7.88. The molecule has 1 fully saturated rings. The molecule has 2 nitrogen and oxygen atoms in total. The molecular formula is C10H15NOS. The number of rotatable bonds is 2. The molecule has 0 radical (unpaired) electrons. The van der Waals surface area contributed by atoms with E-state index < -0.39 is 0 Å². The topological polar surface area (TPSA) is 35.2 Å². The highest BCUT2D eigenvalue weighted by atomic mass is 32.1. The lowest BCUT2D eigenvalue weighted by Crippen LogP contribution is -2.35. The largest absolute Gasteiger partial charge is 0.380 e. The van der Waals surface area contributed by atoms with Gasteiger partial charge in [0, 0.05) is 23.4 Å². The first-order valence-electron chi connectivity index (χ1n) is 4.61. The Balaban J connectivity index is 2.36. The Bertz CT molecular complexity index is 289. The first-order chi connectivity index (χ1) is 6.28. The predicted octanol–water partition coefficient (Wildman–Crippen LogP) is 1.67. The summed E-state index contributed by atoms with van der Waals surface area (Å²) in [7, 11) is 0. The van der Waals surface area contributed by atoms with Crippen molar-refractivity contribution in [2.24, 2.45) is 5.73 Å². The summed E-state index contributed by atoms with van der Waals surface area (Å²) in [6.45, 7) is 4.51. The van der Waals surface area contributed by atoms with E-state index in [4.69, 9.17) is 10.5 Å². The van der Waals surface area contributed by atoms with Crippen LogP contribution in [-0.4, -0.2) is 19.8 Å². The van der Waals surface area contributed by atoms with Gasteiger partial charge in [-0.05, 0) is 30.4 Å². The third-order valence-corrected chi connectivity index (χ3v) is 4.10. The second-order valence-electron chi connectivity index (χ2n) is 3.72. The first-order valence-corrected chi connectivity index (χ1v) is 5.49. The summed E-state index contributed by atoms with van der Waals surface area (Å²) in [4.78, 5) is 1.42. The van der Waals surface area contributed by atoms with Gasteiger partial charge in [-0.15, -0.1) is 11.3 Å². The van der Waals surface area contributed by atoms with Crippen LogP contribution < -0.4 is 5.73 Å². The molecule has 1 unspecified atom stereocenters. The van der Waals surface area contributed by atoms with Crippen LogP contribution >= 0.6 is 11.3 Å². The second kappa shape index (κ2) is 3.40. The Labute approximate surface area is 82.7 Å². The van der Waals surface area contributed by atoms with E-state index in [2.05, 4.69) is 18.4 Å². The lowest BCUT2D eigenvalue weighted by Gasteiger charge is -2.24. The monoisotopic (exact) mass is 197 g/mol. The zero-order chi connectivity index (χ0) is 9.31. The van der Waals surface area contributed by atoms with Crippen molar-refractivity contribution < 1.29 is 4.74 Å². The van der Waals surface area contributed by atoms with Gasteiger partial charge in [0.2, 0.25) is 0 Å². The van der Waals surface area contributed by atoms with Crippen molar-refractivity contribution in [2.75, 3.05) is 19.8 Å². The number of hydrogen-bond acceptors (Lipinski definition) is 3. The molecule has 2 N–H and O–H groups in total. The Morgan fingerprint density at radius 3 is 3.00 bits per heavy atom. The molecule has 0 aromatic carbocycles. The van der Waals surface area contributed by atoms with Crippen molar-refractivity contribution in [2.45, 2.75) is 18.8 Å². The molecule has 2 rings (SSSR count). The summed E-state index contributed by atoms with van der Waals surface area (Å²) in [5.74, 6) is 0. The molecule has 0 bridgehead atoms. The van der Waals surface area contributed by atoms with Crippen molar-refractivity contribution in [1.29, 1.82) is 0 Å². The van der Waals surface area contributed by atoms with Gasteiger partial charge in [0.05, 0.1) is 6.61 Å². The quantitative estimate of drug-likeness (QED) is 0.782. The van der Waals surface area contributed by atoms with Crippen molar-refractivity contribution in [3.05, 3.63) is 21.9 Å². The lowest BCUT2D eigenvalue weighted by molar-refractivity contribution is 0.179. The first kappa shape index (κ1) is 9.19. The summed E-state index contributed by atoms with van der Waals surface area (Å²) in [5.41, 5.74) is 7.34. The molecule has 0 amide bonds. The van der Waals surface area contributed by atoms with Gasteiger partial charge in [-0.25, -0.2) is 0 Å². The summed E-state index contributed by atoms with van der Waals surface area (Å²) in [5, 5.41) is 2.14. The molecule has 0 saturated carbocycles. The molecular weight excluding hydrogens is 182 g/mol. The average Bonchev–Trinajstić information content (AvgIpc) is 2.73. The maximum absolute atomic E-state index is 5.86. The molecule has 1 aliphatic heterocycles. The molecule has 1 aromatic heterocycles. The van der Waals surface area contributed by atoms with E-state index in [1.165, 1.54) is 10.4 Å². The van der Waals surface area contributed by atoms with Crippen LogP contribution in [0.25, 0.3) is 0 Å². The van der Waals surface area contributed by atoms with Gasteiger partial charge >= 0.3 is 0 Å². The minimum absolute atomic E-state index is 0.123. The molecule has 72 valence electrons.